The van der Waals surface area contributed by atoms with Crippen LogP contribution in [0.25, 0.3) is 0 Å². The van der Waals surface area contributed by atoms with E-state index < -0.39 is 11.6 Å². The molecule has 0 spiro atoms. The van der Waals surface area contributed by atoms with Gasteiger partial charge in [-0.3, -0.25) is 4.79 Å². The smallest absolute Gasteiger partial charge is 0.340 e. The van der Waals surface area contributed by atoms with E-state index in [-0.39, 0.29) is 12.5 Å². The van der Waals surface area contributed by atoms with Crippen molar-refractivity contribution in [1.82, 2.24) is 0 Å². The van der Waals surface area contributed by atoms with Crippen LogP contribution in [0.5, 0.6) is 0 Å². The summed E-state index contributed by atoms with van der Waals surface area (Å²) >= 11 is 0. The van der Waals surface area contributed by atoms with Gasteiger partial charge in [0.05, 0.1) is 12.2 Å². The minimum Gasteiger partial charge on any atom is -0.465 e. The number of para-hydroxylation sites is 1. The highest BCUT2D eigenvalue weighted by atomic mass is 16.6. The molecule has 0 heterocycles. The molecule has 1 rings (SSSR count). The average molecular weight is 279 g/mol. The molecular weight excluding hydrogens is 258 g/mol. The Morgan fingerprint density at radius 1 is 1.20 bits per heavy atom. The lowest BCUT2D eigenvalue weighted by molar-refractivity contribution is -0.140. The Bertz CT molecular complexity index is 477. The van der Waals surface area contributed by atoms with Gasteiger partial charge in [0.15, 0.2) is 0 Å². The number of anilines is 1. The molecule has 1 aromatic carbocycles. The van der Waals surface area contributed by atoms with Crippen molar-refractivity contribution in [2.75, 3.05) is 18.5 Å². The molecule has 0 aromatic heterocycles. The molecule has 20 heavy (non-hydrogen) atoms. The number of carbonyl (C=O) groups excluding carboxylic acids is 2. The quantitative estimate of drug-likeness (QED) is 0.839. The third-order valence-corrected chi connectivity index (χ3v) is 2.27. The Balaban J connectivity index is 2.78. The summed E-state index contributed by atoms with van der Waals surface area (Å²) in [6.07, 6.45) is 0. The number of carbonyl (C=O) groups is 2. The Kier molecular flexibility index (Phi) is 5.55. The molecule has 1 N–H and O–H groups in total. The van der Waals surface area contributed by atoms with Gasteiger partial charge in [0.2, 0.25) is 0 Å². The molecule has 0 saturated carbocycles. The molecule has 0 fully saturated rings. The summed E-state index contributed by atoms with van der Waals surface area (Å²) in [5.41, 5.74) is 0.382. The summed E-state index contributed by atoms with van der Waals surface area (Å²) in [7, 11) is 0. The predicted octanol–water partition coefficient (Wildman–Crippen LogP) is 2.62. The molecule has 0 unspecified atom stereocenters. The maximum atomic E-state index is 12.1. The molecule has 0 saturated heterocycles. The van der Waals surface area contributed by atoms with Gasteiger partial charge in [-0.05, 0) is 39.8 Å². The van der Waals surface area contributed by atoms with Crippen molar-refractivity contribution in [2.45, 2.75) is 33.3 Å². The van der Waals surface area contributed by atoms with Gasteiger partial charge < -0.3 is 14.8 Å². The number of hydrogen-bond donors (Lipinski definition) is 1. The van der Waals surface area contributed by atoms with Gasteiger partial charge >= 0.3 is 11.9 Å². The van der Waals surface area contributed by atoms with Gasteiger partial charge in [0.1, 0.15) is 12.1 Å². The van der Waals surface area contributed by atoms with E-state index in [0.29, 0.717) is 17.9 Å². The molecule has 1 aromatic rings. The number of hydrogen-bond acceptors (Lipinski definition) is 5. The standard InChI is InChI=1S/C15H21NO4/c1-5-19-13(17)10-16-12-9-7-6-8-11(12)14(18)20-15(2,3)4/h6-9,16H,5,10H2,1-4H3. The molecule has 0 aliphatic heterocycles. The number of ether oxygens (including phenoxy) is 2. The van der Waals surface area contributed by atoms with Crippen LogP contribution in [-0.4, -0.2) is 30.7 Å². The summed E-state index contributed by atoms with van der Waals surface area (Å²) in [6.45, 7) is 7.49. The maximum absolute atomic E-state index is 12.1. The van der Waals surface area contributed by atoms with Crippen LogP contribution in [-0.2, 0) is 14.3 Å². The fourth-order valence-corrected chi connectivity index (χ4v) is 1.53. The second-order valence-electron chi connectivity index (χ2n) is 5.21. The number of nitrogens with one attached hydrogen (secondary N) is 1. The van der Waals surface area contributed by atoms with Crippen LogP contribution in [0.3, 0.4) is 0 Å². The van der Waals surface area contributed by atoms with Gasteiger partial charge in [-0.2, -0.15) is 0 Å². The molecule has 0 atom stereocenters. The van der Waals surface area contributed by atoms with Crippen molar-refractivity contribution in [3.05, 3.63) is 29.8 Å². The Morgan fingerprint density at radius 3 is 2.45 bits per heavy atom. The molecule has 0 aliphatic carbocycles. The Hall–Kier alpha value is -2.04. The number of benzene rings is 1. The predicted molar refractivity (Wildman–Crippen MR) is 76.7 cm³/mol. The summed E-state index contributed by atoms with van der Waals surface area (Å²) in [5.74, 6) is -0.795. The summed E-state index contributed by atoms with van der Waals surface area (Å²) < 4.78 is 10.2. The van der Waals surface area contributed by atoms with Crippen molar-refractivity contribution in [1.29, 1.82) is 0 Å². The van der Waals surface area contributed by atoms with Gasteiger partial charge in [-0.25, -0.2) is 4.79 Å². The lowest BCUT2D eigenvalue weighted by Crippen LogP contribution is -2.25. The van der Waals surface area contributed by atoms with Crippen LogP contribution in [0.4, 0.5) is 5.69 Å². The first-order chi connectivity index (χ1) is 9.33. The molecule has 0 bridgehead atoms. The fourth-order valence-electron chi connectivity index (χ4n) is 1.53. The molecule has 0 aliphatic rings. The van der Waals surface area contributed by atoms with Crippen LogP contribution in [0.15, 0.2) is 24.3 Å². The maximum Gasteiger partial charge on any atom is 0.340 e. The third-order valence-electron chi connectivity index (χ3n) is 2.27. The molecule has 5 heteroatoms. The molecule has 0 amide bonds. The Labute approximate surface area is 119 Å². The fraction of sp³-hybridized carbons (Fsp3) is 0.467. The van der Waals surface area contributed by atoms with Crippen molar-refractivity contribution in [2.24, 2.45) is 0 Å². The topological polar surface area (TPSA) is 64.6 Å². The molecule has 0 radical (unpaired) electrons. The second-order valence-corrected chi connectivity index (χ2v) is 5.21. The summed E-state index contributed by atoms with van der Waals surface area (Å²) in [4.78, 5) is 23.4. The van der Waals surface area contributed by atoms with Crippen molar-refractivity contribution >= 4 is 17.6 Å². The van der Waals surface area contributed by atoms with Gasteiger partial charge in [0, 0.05) is 5.69 Å². The zero-order valence-corrected chi connectivity index (χ0v) is 12.4. The molecule has 5 nitrogen and oxygen atoms in total. The second kappa shape index (κ2) is 6.93. The molecule has 110 valence electrons. The lowest BCUT2D eigenvalue weighted by Gasteiger charge is -2.20. The monoisotopic (exact) mass is 279 g/mol. The number of esters is 2. The largest absolute Gasteiger partial charge is 0.465 e. The normalized spacial score (nSPS) is 10.8. The molecular formula is C15H21NO4. The van der Waals surface area contributed by atoms with Crippen molar-refractivity contribution in [3.63, 3.8) is 0 Å². The van der Waals surface area contributed by atoms with E-state index in [1.807, 2.05) is 0 Å². The van der Waals surface area contributed by atoms with E-state index in [2.05, 4.69) is 5.32 Å². The van der Waals surface area contributed by atoms with E-state index in [1.165, 1.54) is 0 Å². The third kappa shape index (κ3) is 5.30. The number of rotatable bonds is 5. The van der Waals surface area contributed by atoms with Crippen LogP contribution >= 0.6 is 0 Å². The van der Waals surface area contributed by atoms with E-state index in [4.69, 9.17) is 9.47 Å². The Morgan fingerprint density at radius 2 is 1.85 bits per heavy atom. The highest BCUT2D eigenvalue weighted by molar-refractivity contribution is 5.96. The van der Waals surface area contributed by atoms with E-state index in [0.717, 1.165) is 0 Å². The minimum atomic E-state index is -0.564. The zero-order chi connectivity index (χ0) is 15.2. The van der Waals surface area contributed by atoms with E-state index in [1.54, 1.807) is 52.0 Å². The summed E-state index contributed by atoms with van der Waals surface area (Å²) in [5, 5.41) is 2.89. The zero-order valence-electron chi connectivity index (χ0n) is 12.4. The van der Waals surface area contributed by atoms with Crippen LogP contribution in [0, 0.1) is 0 Å². The summed E-state index contributed by atoms with van der Waals surface area (Å²) in [6, 6.07) is 6.90. The van der Waals surface area contributed by atoms with Crippen molar-refractivity contribution < 1.29 is 19.1 Å². The van der Waals surface area contributed by atoms with E-state index in [9.17, 15) is 9.59 Å². The highest BCUT2D eigenvalue weighted by Crippen LogP contribution is 2.19. The van der Waals surface area contributed by atoms with Crippen molar-refractivity contribution in [3.8, 4) is 0 Å². The van der Waals surface area contributed by atoms with Gasteiger partial charge in [-0.1, -0.05) is 12.1 Å². The lowest BCUT2D eigenvalue weighted by atomic mass is 10.1. The first kappa shape index (κ1) is 16.0. The minimum absolute atomic E-state index is 0.00759. The van der Waals surface area contributed by atoms with Crippen LogP contribution in [0.1, 0.15) is 38.1 Å². The highest BCUT2D eigenvalue weighted by Gasteiger charge is 2.20. The van der Waals surface area contributed by atoms with E-state index >= 15 is 0 Å². The SMILES string of the molecule is CCOC(=O)CNc1ccccc1C(=O)OC(C)(C)C. The average Bonchev–Trinajstić information content (AvgIpc) is 2.35. The van der Waals surface area contributed by atoms with Crippen LogP contribution in [0.2, 0.25) is 0 Å². The first-order valence-corrected chi connectivity index (χ1v) is 6.55. The van der Waals surface area contributed by atoms with Crippen LogP contribution < -0.4 is 5.32 Å². The first-order valence-electron chi connectivity index (χ1n) is 6.55. The van der Waals surface area contributed by atoms with Gasteiger partial charge in [-0.15, -0.1) is 0 Å². The van der Waals surface area contributed by atoms with Gasteiger partial charge in [0.25, 0.3) is 0 Å².